The summed E-state index contributed by atoms with van der Waals surface area (Å²) in [5.41, 5.74) is 3.66. The largest absolute Gasteiger partial charge is 0.376 e. The van der Waals surface area contributed by atoms with Gasteiger partial charge in [0.25, 0.3) is 5.91 Å². The molecule has 1 atom stereocenters. The molecular formula is C24H29N5O2. The summed E-state index contributed by atoms with van der Waals surface area (Å²) >= 11 is 0. The van der Waals surface area contributed by atoms with Gasteiger partial charge in [0.2, 0.25) is 0 Å². The molecule has 0 radical (unpaired) electrons. The van der Waals surface area contributed by atoms with E-state index in [4.69, 9.17) is 4.74 Å². The zero-order valence-corrected chi connectivity index (χ0v) is 18.2. The highest BCUT2D eigenvalue weighted by molar-refractivity contribution is 6.09. The van der Waals surface area contributed by atoms with Gasteiger partial charge in [0, 0.05) is 37.6 Å². The van der Waals surface area contributed by atoms with Crippen molar-refractivity contribution in [2.45, 2.75) is 52.2 Å². The molecule has 0 bridgehead atoms. The van der Waals surface area contributed by atoms with Gasteiger partial charge in [-0.1, -0.05) is 0 Å². The highest BCUT2D eigenvalue weighted by Gasteiger charge is 2.19. The molecule has 0 saturated carbocycles. The maximum Gasteiger partial charge on any atom is 0.266 e. The van der Waals surface area contributed by atoms with E-state index in [0.717, 1.165) is 61.9 Å². The number of amides is 1. The summed E-state index contributed by atoms with van der Waals surface area (Å²) in [5, 5.41) is 12.4. The van der Waals surface area contributed by atoms with Crippen LogP contribution in [0.25, 0.3) is 6.08 Å². The van der Waals surface area contributed by atoms with Crippen molar-refractivity contribution < 1.29 is 9.53 Å². The topological polar surface area (TPSA) is 83.2 Å². The Kier molecular flexibility index (Phi) is 6.38. The number of aromatic nitrogens is 2. The van der Waals surface area contributed by atoms with E-state index >= 15 is 0 Å². The van der Waals surface area contributed by atoms with Crippen LogP contribution in [0.5, 0.6) is 0 Å². The standard InChI is InChI=1S/C24H29N5O2/c1-17-12-19(18(2)29(17)16-22-6-5-11-31-22)13-20(14-25)24(30)27-21-7-8-23(26-15-21)28-9-3-4-10-28/h7-8,12-13,15,22H,3-6,9-11,16H2,1-2H3,(H,27,30)/b20-13+. The third kappa shape index (κ3) is 4.80. The van der Waals surface area contributed by atoms with Gasteiger partial charge in [-0.05, 0) is 69.4 Å². The lowest BCUT2D eigenvalue weighted by Gasteiger charge is -2.16. The number of nitriles is 1. The lowest BCUT2D eigenvalue weighted by Crippen LogP contribution is -2.19. The molecule has 2 saturated heterocycles. The Morgan fingerprint density at radius 1 is 1.32 bits per heavy atom. The maximum absolute atomic E-state index is 12.7. The molecule has 162 valence electrons. The average Bonchev–Trinajstić information content (AvgIpc) is 3.52. The molecule has 0 aliphatic carbocycles. The quantitative estimate of drug-likeness (QED) is 0.568. The van der Waals surface area contributed by atoms with Crippen LogP contribution in [0, 0.1) is 25.2 Å². The smallest absolute Gasteiger partial charge is 0.266 e. The van der Waals surface area contributed by atoms with E-state index in [1.165, 1.54) is 12.8 Å². The first-order chi connectivity index (χ1) is 15.0. The van der Waals surface area contributed by atoms with Crippen molar-refractivity contribution in [3.8, 4) is 6.07 Å². The van der Waals surface area contributed by atoms with Crippen molar-refractivity contribution in [1.82, 2.24) is 9.55 Å². The third-order valence-corrected chi connectivity index (χ3v) is 6.12. The SMILES string of the molecule is Cc1cc(/C=C(\C#N)C(=O)Nc2ccc(N3CCCC3)nc2)c(C)n1CC1CCCO1. The zero-order valence-electron chi connectivity index (χ0n) is 18.2. The molecule has 31 heavy (non-hydrogen) atoms. The Morgan fingerprint density at radius 3 is 2.77 bits per heavy atom. The summed E-state index contributed by atoms with van der Waals surface area (Å²) < 4.78 is 7.97. The molecule has 1 amide bonds. The minimum atomic E-state index is -0.429. The van der Waals surface area contributed by atoms with Crippen LogP contribution in [0.4, 0.5) is 11.5 Å². The number of hydrogen-bond acceptors (Lipinski definition) is 5. The first-order valence-electron chi connectivity index (χ1n) is 11.0. The highest BCUT2D eigenvalue weighted by Crippen LogP contribution is 2.23. The lowest BCUT2D eigenvalue weighted by molar-refractivity contribution is -0.112. The van der Waals surface area contributed by atoms with Gasteiger partial charge in [-0.2, -0.15) is 5.26 Å². The number of nitrogens with one attached hydrogen (secondary N) is 1. The van der Waals surface area contributed by atoms with Crippen LogP contribution in [0.1, 0.15) is 42.6 Å². The number of hydrogen-bond donors (Lipinski definition) is 1. The van der Waals surface area contributed by atoms with E-state index in [2.05, 4.69) is 19.8 Å². The Morgan fingerprint density at radius 2 is 2.13 bits per heavy atom. The van der Waals surface area contributed by atoms with Crippen LogP contribution < -0.4 is 10.2 Å². The molecule has 4 heterocycles. The van der Waals surface area contributed by atoms with Crippen molar-refractivity contribution >= 4 is 23.5 Å². The molecule has 0 aromatic carbocycles. The third-order valence-electron chi connectivity index (χ3n) is 6.12. The first-order valence-corrected chi connectivity index (χ1v) is 11.0. The second-order valence-corrected chi connectivity index (χ2v) is 8.30. The predicted octanol–water partition coefficient (Wildman–Crippen LogP) is 3.82. The summed E-state index contributed by atoms with van der Waals surface area (Å²) in [6.45, 7) is 7.72. The minimum absolute atomic E-state index is 0.0704. The normalized spacial score (nSPS) is 18.9. The molecule has 7 nitrogen and oxygen atoms in total. The van der Waals surface area contributed by atoms with E-state index in [-0.39, 0.29) is 11.7 Å². The number of rotatable bonds is 6. The molecule has 1 unspecified atom stereocenters. The molecular weight excluding hydrogens is 390 g/mol. The van der Waals surface area contributed by atoms with Gasteiger partial charge in [0.15, 0.2) is 0 Å². The molecule has 1 N–H and O–H groups in total. The van der Waals surface area contributed by atoms with Crippen molar-refractivity contribution in [3.63, 3.8) is 0 Å². The fourth-order valence-corrected chi connectivity index (χ4v) is 4.34. The highest BCUT2D eigenvalue weighted by atomic mass is 16.5. The lowest BCUT2D eigenvalue weighted by atomic mass is 10.1. The van der Waals surface area contributed by atoms with Gasteiger partial charge in [0.05, 0.1) is 18.0 Å². The van der Waals surface area contributed by atoms with Gasteiger partial charge < -0.3 is 19.5 Å². The summed E-state index contributed by atoms with van der Waals surface area (Å²) in [6.07, 6.45) is 8.08. The molecule has 2 aromatic heterocycles. The maximum atomic E-state index is 12.7. The molecule has 2 aliphatic heterocycles. The van der Waals surface area contributed by atoms with E-state index in [0.29, 0.717) is 5.69 Å². The fourth-order valence-electron chi connectivity index (χ4n) is 4.34. The van der Waals surface area contributed by atoms with Crippen LogP contribution in [0.2, 0.25) is 0 Å². The summed E-state index contributed by atoms with van der Waals surface area (Å²) in [4.78, 5) is 19.4. The van der Waals surface area contributed by atoms with Crippen LogP contribution in [-0.2, 0) is 16.1 Å². The number of aryl methyl sites for hydroxylation is 1. The Balaban J connectivity index is 1.46. The van der Waals surface area contributed by atoms with Crippen molar-refractivity contribution in [1.29, 1.82) is 5.26 Å². The zero-order chi connectivity index (χ0) is 21.8. The summed E-state index contributed by atoms with van der Waals surface area (Å²) in [6, 6.07) is 7.80. The number of anilines is 2. The van der Waals surface area contributed by atoms with Crippen LogP contribution in [0.3, 0.4) is 0 Å². The molecule has 2 aliphatic rings. The van der Waals surface area contributed by atoms with Gasteiger partial charge in [-0.25, -0.2) is 4.98 Å². The van der Waals surface area contributed by atoms with Gasteiger partial charge in [-0.15, -0.1) is 0 Å². The van der Waals surface area contributed by atoms with Gasteiger partial charge in [0.1, 0.15) is 17.5 Å². The van der Waals surface area contributed by atoms with Crippen molar-refractivity contribution in [2.24, 2.45) is 0 Å². The minimum Gasteiger partial charge on any atom is -0.376 e. The number of ether oxygens (including phenoxy) is 1. The first kappa shape index (κ1) is 21.1. The monoisotopic (exact) mass is 419 g/mol. The van der Waals surface area contributed by atoms with E-state index in [1.807, 2.05) is 38.1 Å². The second-order valence-electron chi connectivity index (χ2n) is 8.30. The fraction of sp³-hybridized carbons (Fsp3) is 0.458. The van der Waals surface area contributed by atoms with Crippen molar-refractivity contribution in [3.05, 3.63) is 46.9 Å². The Hall–Kier alpha value is -3.11. The van der Waals surface area contributed by atoms with Crippen molar-refractivity contribution in [2.75, 3.05) is 29.9 Å². The number of carbonyl (C=O) groups is 1. The van der Waals surface area contributed by atoms with E-state index in [1.54, 1.807) is 12.3 Å². The Bertz CT molecular complexity index is 1000. The number of carbonyl (C=O) groups excluding carboxylic acids is 1. The summed E-state index contributed by atoms with van der Waals surface area (Å²) in [7, 11) is 0. The summed E-state index contributed by atoms with van der Waals surface area (Å²) in [5.74, 6) is 0.493. The number of pyridine rings is 1. The predicted molar refractivity (Wildman–Crippen MR) is 121 cm³/mol. The molecule has 2 aromatic rings. The van der Waals surface area contributed by atoms with E-state index < -0.39 is 5.91 Å². The van der Waals surface area contributed by atoms with E-state index in [9.17, 15) is 10.1 Å². The second kappa shape index (κ2) is 9.36. The Labute approximate surface area is 183 Å². The molecule has 0 spiro atoms. The van der Waals surface area contributed by atoms with Crippen LogP contribution >= 0.6 is 0 Å². The van der Waals surface area contributed by atoms with Gasteiger partial charge >= 0.3 is 0 Å². The molecule has 4 rings (SSSR count). The van der Waals surface area contributed by atoms with Gasteiger partial charge in [-0.3, -0.25) is 4.79 Å². The molecule has 2 fully saturated rings. The average molecular weight is 420 g/mol. The van der Waals surface area contributed by atoms with Crippen LogP contribution in [0.15, 0.2) is 30.0 Å². The van der Waals surface area contributed by atoms with Crippen LogP contribution in [-0.4, -0.2) is 41.3 Å². The molecule has 7 heteroatoms. The number of nitrogens with zero attached hydrogens (tertiary/aromatic N) is 4.